The van der Waals surface area contributed by atoms with Crippen molar-refractivity contribution in [2.45, 2.75) is 19.8 Å². The van der Waals surface area contributed by atoms with Crippen molar-refractivity contribution in [2.24, 2.45) is 5.10 Å². The molecule has 0 bridgehead atoms. The number of hydrogen-bond donors (Lipinski definition) is 1. The molecule has 10 heteroatoms. The highest BCUT2D eigenvalue weighted by atomic mass is 79.9. The van der Waals surface area contributed by atoms with E-state index < -0.39 is 0 Å². The Hall–Kier alpha value is -3.20. The number of aromatic nitrogens is 2. The molecule has 0 fully saturated rings. The van der Waals surface area contributed by atoms with Gasteiger partial charge in [-0.1, -0.05) is 53.0 Å². The monoisotopic (exact) mass is 586 g/mol. The maximum Gasteiger partial charge on any atom is 0.282 e. The third kappa shape index (κ3) is 6.13. The minimum Gasteiger partial charge on any atom is -0.483 e. The molecule has 0 aliphatic carbocycles. The number of anilines is 1. The molecule has 0 saturated heterocycles. The molecule has 0 saturated carbocycles. The summed E-state index contributed by atoms with van der Waals surface area (Å²) in [5.74, 6) is 0.482. The molecule has 0 aliphatic heterocycles. The maximum atomic E-state index is 13.3. The fraction of sp³-hybridized carbons (Fsp3) is 0.154. The van der Waals surface area contributed by atoms with Crippen LogP contribution in [0.25, 0.3) is 10.9 Å². The molecular weight excluding hydrogens is 567 g/mol. The van der Waals surface area contributed by atoms with Crippen molar-refractivity contribution >= 4 is 67.8 Å². The molecule has 1 amide bonds. The Balaban J connectivity index is 1.61. The molecule has 0 aliphatic rings. The van der Waals surface area contributed by atoms with Crippen LogP contribution in [0.1, 0.15) is 31.2 Å². The highest BCUT2D eigenvalue weighted by molar-refractivity contribution is 9.10. The summed E-state index contributed by atoms with van der Waals surface area (Å²) in [6.07, 6.45) is 1.47. The van der Waals surface area contributed by atoms with Crippen LogP contribution in [0.4, 0.5) is 5.69 Å². The second-order valence-corrected chi connectivity index (χ2v) is 9.96. The van der Waals surface area contributed by atoms with Crippen molar-refractivity contribution in [3.63, 3.8) is 0 Å². The Kier molecular flexibility index (Phi) is 8.08. The number of carbonyl (C=O) groups excluding carboxylic acids is 1. The van der Waals surface area contributed by atoms with E-state index in [-0.39, 0.29) is 24.0 Å². The Morgan fingerprint density at radius 2 is 1.83 bits per heavy atom. The molecule has 184 valence electrons. The standard InChI is InChI=1S/C26H21BrCl2N4O3/c1-15(2)25-32-22-9-3-17(27)12-21(22)26(35)33(25)30-13-16-11-19(29)6-10-23(16)36-14-24(34)31-20-7-4-18(28)5-8-20/h3-13,15H,14H2,1-2H3,(H,31,34). The molecule has 0 unspecified atom stereocenters. The normalized spacial score (nSPS) is 11.4. The van der Waals surface area contributed by atoms with Crippen LogP contribution >= 0.6 is 39.1 Å². The predicted molar refractivity (Wildman–Crippen MR) is 148 cm³/mol. The summed E-state index contributed by atoms with van der Waals surface area (Å²) < 4.78 is 7.78. The van der Waals surface area contributed by atoms with Crippen LogP contribution in [0.2, 0.25) is 10.0 Å². The summed E-state index contributed by atoms with van der Waals surface area (Å²) in [6.45, 7) is 3.63. The fourth-order valence-corrected chi connectivity index (χ4v) is 4.06. The van der Waals surface area contributed by atoms with Crippen LogP contribution in [-0.4, -0.2) is 28.4 Å². The molecule has 1 aromatic heterocycles. The fourth-order valence-electron chi connectivity index (χ4n) is 3.40. The maximum absolute atomic E-state index is 13.3. The van der Waals surface area contributed by atoms with Gasteiger partial charge < -0.3 is 10.1 Å². The number of amides is 1. The van der Waals surface area contributed by atoms with Crippen molar-refractivity contribution in [1.82, 2.24) is 9.66 Å². The number of carbonyl (C=O) groups is 1. The smallest absolute Gasteiger partial charge is 0.282 e. The number of hydrogen-bond acceptors (Lipinski definition) is 5. The first kappa shape index (κ1) is 25.9. The number of halogens is 3. The second kappa shape index (κ2) is 11.2. The van der Waals surface area contributed by atoms with Gasteiger partial charge in [-0.25, -0.2) is 4.98 Å². The first-order valence-electron chi connectivity index (χ1n) is 11.0. The van der Waals surface area contributed by atoms with Gasteiger partial charge in [-0.3, -0.25) is 9.59 Å². The number of nitrogens with zero attached hydrogens (tertiary/aromatic N) is 3. The lowest BCUT2D eigenvalue weighted by atomic mass is 10.2. The topological polar surface area (TPSA) is 85.6 Å². The van der Waals surface area contributed by atoms with Gasteiger partial charge in [0.05, 0.1) is 17.1 Å². The predicted octanol–water partition coefficient (Wildman–Crippen LogP) is 6.49. The van der Waals surface area contributed by atoms with Crippen LogP contribution in [0.5, 0.6) is 5.75 Å². The highest BCUT2D eigenvalue weighted by Gasteiger charge is 2.14. The number of benzene rings is 3. The van der Waals surface area contributed by atoms with Gasteiger partial charge in [0, 0.05) is 31.7 Å². The van der Waals surface area contributed by atoms with E-state index in [4.69, 9.17) is 27.9 Å². The lowest BCUT2D eigenvalue weighted by Crippen LogP contribution is -2.23. The molecule has 0 radical (unpaired) electrons. The molecule has 1 heterocycles. The number of nitrogens with one attached hydrogen (secondary N) is 1. The Morgan fingerprint density at radius 3 is 2.56 bits per heavy atom. The number of ether oxygens (including phenoxy) is 1. The molecule has 3 aromatic carbocycles. The molecular formula is C26H21BrCl2N4O3. The summed E-state index contributed by atoms with van der Waals surface area (Å²) >= 11 is 15.5. The Labute approximate surface area is 225 Å². The van der Waals surface area contributed by atoms with Gasteiger partial charge in [-0.05, 0) is 60.7 Å². The number of rotatable bonds is 7. The van der Waals surface area contributed by atoms with Crippen molar-refractivity contribution in [1.29, 1.82) is 0 Å². The summed E-state index contributed by atoms with van der Waals surface area (Å²) in [7, 11) is 0. The average Bonchev–Trinajstić information content (AvgIpc) is 2.84. The molecule has 0 spiro atoms. The largest absolute Gasteiger partial charge is 0.483 e. The van der Waals surface area contributed by atoms with Gasteiger partial charge >= 0.3 is 0 Å². The third-order valence-electron chi connectivity index (χ3n) is 5.12. The zero-order valence-electron chi connectivity index (χ0n) is 19.3. The zero-order chi connectivity index (χ0) is 25.8. The van der Waals surface area contributed by atoms with Crippen LogP contribution in [-0.2, 0) is 4.79 Å². The molecule has 1 N–H and O–H groups in total. The van der Waals surface area contributed by atoms with Gasteiger partial charge in [-0.2, -0.15) is 9.78 Å². The van der Waals surface area contributed by atoms with E-state index in [2.05, 4.69) is 31.3 Å². The van der Waals surface area contributed by atoms with Crippen LogP contribution in [0.15, 0.2) is 75.0 Å². The van der Waals surface area contributed by atoms with Crippen molar-refractivity contribution in [3.05, 3.63) is 96.9 Å². The Morgan fingerprint density at radius 1 is 1.11 bits per heavy atom. The quantitative estimate of drug-likeness (QED) is 0.250. The van der Waals surface area contributed by atoms with Crippen molar-refractivity contribution < 1.29 is 9.53 Å². The van der Waals surface area contributed by atoms with E-state index in [1.54, 1.807) is 54.6 Å². The number of fused-ring (bicyclic) bond motifs is 1. The molecule has 4 aromatic rings. The summed E-state index contributed by atoms with van der Waals surface area (Å²) in [5, 5.41) is 8.63. The van der Waals surface area contributed by atoms with E-state index in [1.807, 2.05) is 19.9 Å². The van der Waals surface area contributed by atoms with E-state index in [0.29, 0.717) is 43.8 Å². The van der Waals surface area contributed by atoms with Gasteiger partial charge in [0.1, 0.15) is 11.6 Å². The van der Waals surface area contributed by atoms with E-state index in [1.165, 1.54) is 10.9 Å². The summed E-state index contributed by atoms with van der Waals surface area (Å²) in [5.41, 5.74) is 1.39. The van der Waals surface area contributed by atoms with Crippen molar-refractivity contribution in [3.8, 4) is 5.75 Å². The van der Waals surface area contributed by atoms with E-state index in [9.17, 15) is 9.59 Å². The summed E-state index contributed by atoms with van der Waals surface area (Å²) in [6, 6.07) is 17.0. The lowest BCUT2D eigenvalue weighted by molar-refractivity contribution is -0.118. The van der Waals surface area contributed by atoms with Gasteiger partial charge in [0.2, 0.25) is 0 Å². The van der Waals surface area contributed by atoms with E-state index in [0.717, 1.165) is 4.47 Å². The second-order valence-electron chi connectivity index (χ2n) is 8.17. The van der Waals surface area contributed by atoms with Crippen LogP contribution in [0, 0.1) is 0 Å². The van der Waals surface area contributed by atoms with Gasteiger partial charge in [0.25, 0.3) is 11.5 Å². The minimum atomic E-state index is -0.349. The van der Waals surface area contributed by atoms with Gasteiger partial charge in [0.15, 0.2) is 6.61 Å². The average molecular weight is 588 g/mol. The Bertz CT molecular complexity index is 1520. The molecule has 4 rings (SSSR count). The van der Waals surface area contributed by atoms with Crippen LogP contribution < -0.4 is 15.6 Å². The van der Waals surface area contributed by atoms with E-state index >= 15 is 0 Å². The lowest BCUT2D eigenvalue weighted by Gasteiger charge is -2.13. The minimum absolute atomic E-state index is 0.0606. The molecule has 36 heavy (non-hydrogen) atoms. The van der Waals surface area contributed by atoms with Gasteiger partial charge in [-0.15, -0.1) is 0 Å². The first-order chi connectivity index (χ1) is 17.2. The molecule has 0 atom stereocenters. The molecule has 7 nitrogen and oxygen atoms in total. The third-order valence-corrected chi connectivity index (χ3v) is 6.10. The van der Waals surface area contributed by atoms with Crippen LogP contribution in [0.3, 0.4) is 0 Å². The zero-order valence-corrected chi connectivity index (χ0v) is 22.4. The SMILES string of the molecule is CC(C)c1nc2ccc(Br)cc2c(=O)n1N=Cc1cc(Cl)ccc1OCC(=O)Nc1ccc(Cl)cc1. The van der Waals surface area contributed by atoms with Crippen molar-refractivity contribution in [2.75, 3.05) is 11.9 Å². The summed E-state index contributed by atoms with van der Waals surface area (Å²) in [4.78, 5) is 30.3. The highest BCUT2D eigenvalue weighted by Crippen LogP contribution is 2.23. The first-order valence-corrected chi connectivity index (χ1v) is 12.5.